The van der Waals surface area contributed by atoms with E-state index in [-0.39, 0.29) is 11.9 Å². The van der Waals surface area contributed by atoms with Crippen molar-refractivity contribution in [1.82, 2.24) is 15.5 Å². The first-order chi connectivity index (χ1) is 15.1. The fraction of sp³-hybridized carbons (Fsp3) is 0.625. The number of nitriles is 1. The first-order valence-corrected chi connectivity index (χ1v) is 11.7. The lowest BCUT2D eigenvalue weighted by atomic mass is 9.98. The van der Waals surface area contributed by atoms with E-state index < -0.39 is 6.04 Å². The number of benzene rings is 1. The Morgan fingerprint density at radius 3 is 2.42 bits per heavy atom. The predicted octanol–water partition coefficient (Wildman–Crippen LogP) is 1.44. The Hall–Kier alpha value is -2.59. The van der Waals surface area contributed by atoms with Crippen molar-refractivity contribution < 1.29 is 9.59 Å². The molecule has 0 aromatic heterocycles. The fourth-order valence-corrected chi connectivity index (χ4v) is 5.39. The van der Waals surface area contributed by atoms with Crippen LogP contribution in [0, 0.1) is 23.2 Å². The number of nitrogens with one attached hydrogen (secondary N) is 2. The Morgan fingerprint density at radius 1 is 1.10 bits per heavy atom. The van der Waals surface area contributed by atoms with E-state index in [9.17, 15) is 14.9 Å². The largest absolute Gasteiger partial charge is 0.368 e. The van der Waals surface area contributed by atoms with Gasteiger partial charge in [0.05, 0.1) is 12.1 Å². The Morgan fingerprint density at radius 2 is 1.84 bits per heavy atom. The standard InChI is InChI=1S/C24H31N5O2/c25-15-20(27-23(30)22-18-5-6-19(14-18)26-22)13-16-1-7-21(8-2-16)28-9-11-29(12-10-28)24(31)17-3-4-17/h1-2,7-8,17-20,22,26H,3-6,9-14H2,(H,27,30)/t18-,19+,20-,22-/m0/s1. The number of hydrogen-bond acceptors (Lipinski definition) is 5. The molecule has 2 saturated carbocycles. The average molecular weight is 422 g/mol. The molecule has 7 nitrogen and oxygen atoms in total. The highest BCUT2D eigenvalue weighted by Gasteiger charge is 2.43. The summed E-state index contributed by atoms with van der Waals surface area (Å²) in [6.45, 7) is 3.28. The van der Waals surface area contributed by atoms with Crippen LogP contribution < -0.4 is 15.5 Å². The number of rotatable bonds is 6. The minimum absolute atomic E-state index is 0.0333. The number of piperazine rings is 1. The summed E-state index contributed by atoms with van der Waals surface area (Å²) in [6, 6.07) is 10.3. The smallest absolute Gasteiger partial charge is 0.238 e. The Labute approximate surface area is 183 Å². The van der Waals surface area contributed by atoms with E-state index in [0.29, 0.717) is 30.2 Å². The molecular formula is C24H31N5O2. The molecule has 1 aromatic rings. The number of piperidine rings is 1. The van der Waals surface area contributed by atoms with Gasteiger partial charge in [-0.2, -0.15) is 5.26 Å². The lowest BCUT2D eigenvalue weighted by Gasteiger charge is -2.36. The summed E-state index contributed by atoms with van der Waals surface area (Å²) in [6.07, 6.45) is 5.98. The van der Waals surface area contributed by atoms with Crippen molar-refractivity contribution in [1.29, 1.82) is 5.26 Å². The zero-order valence-corrected chi connectivity index (χ0v) is 17.9. The molecule has 1 aromatic carbocycles. The molecule has 0 radical (unpaired) electrons. The van der Waals surface area contributed by atoms with Gasteiger partial charge in [-0.3, -0.25) is 9.59 Å². The van der Waals surface area contributed by atoms with Gasteiger partial charge in [0.2, 0.25) is 11.8 Å². The molecule has 4 atom stereocenters. The zero-order chi connectivity index (χ0) is 21.4. The minimum Gasteiger partial charge on any atom is -0.368 e. The summed E-state index contributed by atoms with van der Waals surface area (Å²) in [7, 11) is 0. The molecule has 5 rings (SSSR count). The molecule has 2 aliphatic heterocycles. The first-order valence-electron chi connectivity index (χ1n) is 11.7. The van der Waals surface area contributed by atoms with E-state index in [2.05, 4.69) is 33.7 Å². The molecule has 2 bridgehead atoms. The number of nitrogens with zero attached hydrogens (tertiary/aromatic N) is 3. The zero-order valence-electron chi connectivity index (χ0n) is 17.9. The Balaban J connectivity index is 1.12. The van der Waals surface area contributed by atoms with Crippen LogP contribution in [0.4, 0.5) is 5.69 Å². The van der Waals surface area contributed by atoms with E-state index in [1.54, 1.807) is 0 Å². The number of carbonyl (C=O) groups is 2. The summed E-state index contributed by atoms with van der Waals surface area (Å²) < 4.78 is 0. The number of amides is 2. The van der Waals surface area contributed by atoms with Gasteiger partial charge in [-0.25, -0.2) is 0 Å². The van der Waals surface area contributed by atoms with Gasteiger partial charge in [-0.15, -0.1) is 0 Å². The quantitative estimate of drug-likeness (QED) is 0.726. The molecule has 164 valence electrons. The number of fused-ring (bicyclic) bond motifs is 2. The van der Waals surface area contributed by atoms with Crippen molar-refractivity contribution in [2.24, 2.45) is 11.8 Å². The summed E-state index contributed by atoms with van der Waals surface area (Å²) in [5, 5.41) is 15.9. The van der Waals surface area contributed by atoms with Crippen molar-refractivity contribution in [3.63, 3.8) is 0 Å². The molecule has 7 heteroatoms. The third-order valence-electron chi connectivity index (χ3n) is 7.37. The second-order valence-electron chi connectivity index (χ2n) is 9.56. The second-order valence-corrected chi connectivity index (χ2v) is 9.56. The lowest BCUT2D eigenvalue weighted by molar-refractivity contribution is -0.132. The number of carbonyl (C=O) groups excluding carboxylic acids is 2. The topological polar surface area (TPSA) is 88.5 Å². The van der Waals surface area contributed by atoms with Crippen LogP contribution in [0.25, 0.3) is 0 Å². The third kappa shape index (κ3) is 4.40. The van der Waals surface area contributed by atoms with Crippen molar-refractivity contribution in [3.8, 4) is 6.07 Å². The molecule has 0 spiro atoms. The highest BCUT2D eigenvalue weighted by atomic mass is 16.2. The normalized spacial score (nSPS) is 28.3. The minimum atomic E-state index is -0.517. The molecule has 2 N–H and O–H groups in total. The van der Waals surface area contributed by atoms with Crippen molar-refractivity contribution >= 4 is 17.5 Å². The molecule has 4 fully saturated rings. The lowest BCUT2D eigenvalue weighted by Crippen LogP contribution is -2.50. The van der Waals surface area contributed by atoms with Crippen LogP contribution in [0.15, 0.2) is 24.3 Å². The van der Waals surface area contributed by atoms with Gasteiger partial charge in [-0.05, 0) is 55.7 Å². The van der Waals surface area contributed by atoms with Crippen LogP contribution >= 0.6 is 0 Å². The highest BCUT2D eigenvalue weighted by Crippen LogP contribution is 2.35. The van der Waals surface area contributed by atoms with E-state index >= 15 is 0 Å². The van der Waals surface area contributed by atoms with E-state index in [1.807, 2.05) is 17.0 Å². The SMILES string of the molecule is N#C[C@H](Cc1ccc(N2CCN(C(=O)C3CC3)CC2)cc1)NC(=O)[C@H]1N[C@@H]2CC[C@H]1C2. The summed E-state index contributed by atoms with van der Waals surface area (Å²) in [5.41, 5.74) is 2.19. The van der Waals surface area contributed by atoms with Crippen LogP contribution in [-0.2, 0) is 16.0 Å². The highest BCUT2D eigenvalue weighted by molar-refractivity contribution is 5.83. The van der Waals surface area contributed by atoms with Crippen LogP contribution in [0.2, 0.25) is 0 Å². The summed E-state index contributed by atoms with van der Waals surface area (Å²) >= 11 is 0. The van der Waals surface area contributed by atoms with Gasteiger partial charge in [0.25, 0.3) is 0 Å². The Bertz CT molecular complexity index is 867. The maximum atomic E-state index is 12.6. The van der Waals surface area contributed by atoms with Gasteiger partial charge >= 0.3 is 0 Å². The molecule has 0 unspecified atom stereocenters. The fourth-order valence-electron chi connectivity index (χ4n) is 5.39. The molecule has 2 saturated heterocycles. The summed E-state index contributed by atoms with van der Waals surface area (Å²) in [5.74, 6) is 1.01. The molecule has 2 heterocycles. The maximum Gasteiger partial charge on any atom is 0.238 e. The van der Waals surface area contributed by atoms with Crippen LogP contribution in [-0.4, -0.2) is 61.0 Å². The first kappa shape index (κ1) is 20.3. The van der Waals surface area contributed by atoms with E-state index in [4.69, 9.17) is 0 Å². The molecule has 2 aliphatic carbocycles. The molecule has 2 amide bonds. The third-order valence-corrected chi connectivity index (χ3v) is 7.37. The Kier molecular flexibility index (Phi) is 5.58. The summed E-state index contributed by atoms with van der Waals surface area (Å²) in [4.78, 5) is 29.2. The van der Waals surface area contributed by atoms with Gasteiger partial charge in [0, 0.05) is 50.2 Å². The van der Waals surface area contributed by atoms with Crippen LogP contribution in [0.3, 0.4) is 0 Å². The van der Waals surface area contributed by atoms with Gasteiger partial charge in [-0.1, -0.05) is 12.1 Å². The molecule has 4 aliphatic rings. The average Bonchev–Trinajstić information content (AvgIpc) is 3.44. The molecular weight excluding hydrogens is 390 g/mol. The monoisotopic (exact) mass is 421 g/mol. The van der Waals surface area contributed by atoms with Crippen molar-refractivity contribution in [3.05, 3.63) is 29.8 Å². The van der Waals surface area contributed by atoms with Crippen LogP contribution in [0.1, 0.15) is 37.7 Å². The van der Waals surface area contributed by atoms with Gasteiger partial charge in [0.1, 0.15) is 6.04 Å². The predicted molar refractivity (Wildman–Crippen MR) is 117 cm³/mol. The van der Waals surface area contributed by atoms with Gasteiger partial charge in [0.15, 0.2) is 0 Å². The molecule has 31 heavy (non-hydrogen) atoms. The number of anilines is 1. The number of hydrogen-bond donors (Lipinski definition) is 2. The van der Waals surface area contributed by atoms with Gasteiger partial charge < -0.3 is 20.4 Å². The maximum absolute atomic E-state index is 12.6. The van der Waals surface area contributed by atoms with Crippen molar-refractivity contribution in [2.45, 2.75) is 56.7 Å². The van der Waals surface area contributed by atoms with Crippen LogP contribution in [0.5, 0.6) is 0 Å². The van der Waals surface area contributed by atoms with E-state index in [0.717, 1.165) is 69.5 Å². The second kappa shape index (κ2) is 8.51. The van der Waals surface area contributed by atoms with E-state index in [1.165, 1.54) is 0 Å². The van der Waals surface area contributed by atoms with Crippen molar-refractivity contribution in [2.75, 3.05) is 31.1 Å².